The normalized spacial score (nSPS) is 10.8. The van der Waals surface area contributed by atoms with E-state index in [1.807, 2.05) is 53.9 Å². The van der Waals surface area contributed by atoms with E-state index in [4.69, 9.17) is 4.74 Å². The van der Waals surface area contributed by atoms with Crippen LogP contribution in [-0.2, 0) is 10.5 Å². The van der Waals surface area contributed by atoms with Crippen molar-refractivity contribution in [3.05, 3.63) is 65.2 Å². The number of aromatic amines is 1. The molecule has 9 heteroatoms. The number of methoxy groups -OCH3 is 1. The maximum absolute atomic E-state index is 12.4. The summed E-state index contributed by atoms with van der Waals surface area (Å²) in [5.74, 6) is 1.82. The maximum atomic E-state index is 12.4. The molecule has 0 aliphatic rings. The monoisotopic (exact) mass is 451 g/mol. The van der Waals surface area contributed by atoms with Gasteiger partial charge in [-0.05, 0) is 19.1 Å². The highest BCUT2D eigenvalue weighted by atomic mass is 32.2. The molecule has 0 saturated heterocycles. The molecule has 0 unspecified atom stereocenters. The van der Waals surface area contributed by atoms with E-state index in [9.17, 15) is 4.79 Å². The van der Waals surface area contributed by atoms with Crippen LogP contribution in [0.5, 0.6) is 5.75 Å². The van der Waals surface area contributed by atoms with Gasteiger partial charge in [-0.2, -0.15) is 0 Å². The molecule has 0 bridgehead atoms. The number of amides is 1. The van der Waals surface area contributed by atoms with Crippen LogP contribution < -0.4 is 9.64 Å². The van der Waals surface area contributed by atoms with Gasteiger partial charge in [0.05, 0.1) is 18.5 Å². The molecule has 0 fully saturated rings. The number of benzene rings is 2. The van der Waals surface area contributed by atoms with E-state index in [0.29, 0.717) is 27.5 Å². The molecule has 31 heavy (non-hydrogen) atoms. The SMILES string of the molecule is COc1ccccc1N(C(C)=O)c1nc(CSc2n[nH]c(-c3ccc(C)cc3)n2)cs1. The van der Waals surface area contributed by atoms with Crippen molar-refractivity contribution in [3.63, 3.8) is 0 Å². The lowest BCUT2D eigenvalue weighted by molar-refractivity contribution is -0.115. The van der Waals surface area contributed by atoms with Crippen LogP contribution in [-0.4, -0.2) is 33.2 Å². The molecule has 0 aliphatic heterocycles. The summed E-state index contributed by atoms with van der Waals surface area (Å²) >= 11 is 2.91. The lowest BCUT2D eigenvalue weighted by atomic mass is 10.1. The standard InChI is InChI=1S/C22H21N5O2S2/c1-14-8-10-16(11-9-14)20-24-21(26-25-20)30-12-17-13-31-22(23-17)27(15(2)28)18-6-4-5-7-19(18)29-3/h4-11,13H,12H2,1-3H3,(H,24,25,26). The molecule has 0 radical (unpaired) electrons. The summed E-state index contributed by atoms with van der Waals surface area (Å²) in [6.07, 6.45) is 0. The number of hydrogen-bond donors (Lipinski definition) is 1. The summed E-state index contributed by atoms with van der Waals surface area (Å²) in [6, 6.07) is 15.5. The number of carbonyl (C=O) groups excluding carboxylic acids is 1. The number of aromatic nitrogens is 4. The Morgan fingerprint density at radius 1 is 1.16 bits per heavy atom. The van der Waals surface area contributed by atoms with Crippen LogP contribution in [0.15, 0.2) is 59.1 Å². The van der Waals surface area contributed by atoms with Crippen LogP contribution in [0.3, 0.4) is 0 Å². The number of rotatable bonds is 7. The van der Waals surface area contributed by atoms with Crippen molar-refractivity contribution in [2.24, 2.45) is 0 Å². The van der Waals surface area contributed by atoms with Crippen molar-refractivity contribution in [1.82, 2.24) is 20.2 Å². The number of nitrogens with zero attached hydrogens (tertiary/aromatic N) is 4. The molecule has 158 valence electrons. The van der Waals surface area contributed by atoms with E-state index >= 15 is 0 Å². The van der Waals surface area contributed by atoms with Crippen LogP contribution in [0.1, 0.15) is 18.2 Å². The summed E-state index contributed by atoms with van der Waals surface area (Å²) < 4.78 is 5.41. The van der Waals surface area contributed by atoms with Crippen molar-refractivity contribution in [3.8, 4) is 17.1 Å². The van der Waals surface area contributed by atoms with Gasteiger partial charge in [0.1, 0.15) is 5.75 Å². The Labute approximate surface area is 188 Å². The lowest BCUT2D eigenvalue weighted by Gasteiger charge is -2.20. The molecular formula is C22H21N5O2S2. The van der Waals surface area contributed by atoms with Gasteiger partial charge in [-0.1, -0.05) is 53.7 Å². The Morgan fingerprint density at radius 3 is 2.68 bits per heavy atom. The summed E-state index contributed by atoms with van der Waals surface area (Å²) in [5, 5.41) is 10.5. The van der Waals surface area contributed by atoms with Gasteiger partial charge >= 0.3 is 0 Å². The largest absolute Gasteiger partial charge is 0.495 e. The fourth-order valence-electron chi connectivity index (χ4n) is 2.98. The van der Waals surface area contributed by atoms with E-state index < -0.39 is 0 Å². The van der Waals surface area contributed by atoms with Gasteiger partial charge in [-0.3, -0.25) is 14.8 Å². The topological polar surface area (TPSA) is 84.0 Å². The quantitative estimate of drug-likeness (QED) is 0.388. The molecule has 0 saturated carbocycles. The number of carbonyl (C=O) groups is 1. The van der Waals surface area contributed by atoms with E-state index in [1.165, 1.54) is 35.6 Å². The number of H-pyrrole nitrogens is 1. The number of thioether (sulfide) groups is 1. The Balaban J connectivity index is 1.47. The summed E-state index contributed by atoms with van der Waals surface area (Å²) in [6.45, 7) is 3.57. The van der Waals surface area contributed by atoms with Crippen LogP contribution in [0, 0.1) is 6.92 Å². The van der Waals surface area contributed by atoms with Crippen LogP contribution >= 0.6 is 23.1 Å². The maximum Gasteiger partial charge on any atom is 0.230 e. The molecule has 7 nitrogen and oxygen atoms in total. The molecule has 1 N–H and O–H groups in total. The minimum Gasteiger partial charge on any atom is -0.495 e. The van der Waals surface area contributed by atoms with E-state index in [-0.39, 0.29) is 5.91 Å². The zero-order valence-corrected chi connectivity index (χ0v) is 19.0. The van der Waals surface area contributed by atoms with Crippen molar-refractivity contribution < 1.29 is 9.53 Å². The van der Waals surface area contributed by atoms with Crippen molar-refractivity contribution in [2.45, 2.75) is 24.8 Å². The molecule has 2 heterocycles. The Hall–Kier alpha value is -3.17. The molecule has 4 rings (SSSR count). The molecule has 0 atom stereocenters. The zero-order valence-electron chi connectivity index (χ0n) is 17.3. The van der Waals surface area contributed by atoms with Crippen molar-refractivity contribution in [1.29, 1.82) is 0 Å². The first-order valence-electron chi connectivity index (χ1n) is 9.55. The molecule has 1 amide bonds. The summed E-state index contributed by atoms with van der Waals surface area (Å²) in [4.78, 5) is 23.1. The number of thiazole rings is 1. The van der Waals surface area contributed by atoms with Gasteiger partial charge in [0.25, 0.3) is 0 Å². The lowest BCUT2D eigenvalue weighted by Crippen LogP contribution is -2.23. The predicted molar refractivity (Wildman–Crippen MR) is 124 cm³/mol. The van der Waals surface area contributed by atoms with Gasteiger partial charge in [0.15, 0.2) is 11.0 Å². The average Bonchev–Trinajstić information content (AvgIpc) is 3.43. The summed E-state index contributed by atoms with van der Waals surface area (Å²) in [7, 11) is 1.59. The average molecular weight is 452 g/mol. The Kier molecular flexibility index (Phi) is 6.34. The molecule has 2 aromatic carbocycles. The highest BCUT2D eigenvalue weighted by molar-refractivity contribution is 7.98. The number of aryl methyl sites for hydroxylation is 1. The third-order valence-electron chi connectivity index (χ3n) is 4.51. The van der Waals surface area contributed by atoms with Gasteiger partial charge in [0, 0.05) is 23.6 Å². The first-order chi connectivity index (χ1) is 15.0. The van der Waals surface area contributed by atoms with Gasteiger partial charge in [0.2, 0.25) is 11.1 Å². The minimum absolute atomic E-state index is 0.130. The van der Waals surface area contributed by atoms with Crippen LogP contribution in [0.4, 0.5) is 10.8 Å². The Morgan fingerprint density at radius 2 is 1.94 bits per heavy atom. The number of anilines is 2. The fraction of sp³-hybridized carbons (Fsp3) is 0.182. The molecule has 4 aromatic rings. The number of nitrogens with one attached hydrogen (secondary N) is 1. The van der Waals surface area contributed by atoms with Crippen molar-refractivity contribution >= 4 is 39.8 Å². The highest BCUT2D eigenvalue weighted by Gasteiger charge is 2.21. The second-order valence-electron chi connectivity index (χ2n) is 6.77. The smallest absolute Gasteiger partial charge is 0.230 e. The zero-order chi connectivity index (χ0) is 21.8. The molecule has 2 aromatic heterocycles. The number of ether oxygens (including phenoxy) is 1. The predicted octanol–water partition coefficient (Wildman–Crippen LogP) is 5.22. The fourth-order valence-corrected chi connectivity index (χ4v) is 4.65. The van der Waals surface area contributed by atoms with Crippen molar-refractivity contribution in [2.75, 3.05) is 12.0 Å². The number of hydrogen-bond acceptors (Lipinski definition) is 7. The van der Waals surface area contributed by atoms with Crippen LogP contribution in [0.2, 0.25) is 0 Å². The molecular weight excluding hydrogens is 430 g/mol. The third-order valence-corrected chi connectivity index (χ3v) is 6.27. The Bertz CT molecular complexity index is 1190. The third kappa shape index (κ3) is 4.78. The van der Waals surface area contributed by atoms with E-state index in [0.717, 1.165) is 17.1 Å². The highest BCUT2D eigenvalue weighted by Crippen LogP contribution is 2.36. The van der Waals surface area contributed by atoms with Crippen LogP contribution in [0.25, 0.3) is 11.4 Å². The molecule has 0 aliphatic carbocycles. The van der Waals surface area contributed by atoms with Gasteiger partial charge in [-0.15, -0.1) is 16.4 Å². The summed E-state index contributed by atoms with van der Waals surface area (Å²) in [5.41, 5.74) is 3.72. The second kappa shape index (κ2) is 9.32. The first kappa shape index (κ1) is 21.1. The number of para-hydroxylation sites is 2. The van der Waals surface area contributed by atoms with E-state index in [1.54, 1.807) is 12.0 Å². The first-order valence-corrected chi connectivity index (χ1v) is 11.4. The van der Waals surface area contributed by atoms with E-state index in [2.05, 4.69) is 27.1 Å². The van der Waals surface area contributed by atoms with Gasteiger partial charge < -0.3 is 4.74 Å². The molecule has 0 spiro atoms. The van der Waals surface area contributed by atoms with Gasteiger partial charge in [-0.25, -0.2) is 9.97 Å². The minimum atomic E-state index is -0.130. The second-order valence-corrected chi connectivity index (χ2v) is 8.55.